The summed E-state index contributed by atoms with van der Waals surface area (Å²) in [7, 11) is 0. The fourth-order valence-electron chi connectivity index (χ4n) is 2.82. The summed E-state index contributed by atoms with van der Waals surface area (Å²) in [5, 5.41) is 11.4. The zero-order chi connectivity index (χ0) is 17.8. The van der Waals surface area contributed by atoms with E-state index in [9.17, 15) is 10.1 Å². The van der Waals surface area contributed by atoms with E-state index in [1.807, 2.05) is 23.1 Å². The third-order valence-electron chi connectivity index (χ3n) is 4.09. The Morgan fingerprint density at radius 3 is 2.96 bits per heavy atom. The minimum atomic E-state index is -0.588. The number of ether oxygens (including phenoxy) is 1. The number of nitrogens with two attached hydrogens (primary N) is 1. The van der Waals surface area contributed by atoms with Crippen molar-refractivity contribution >= 4 is 29.1 Å². The van der Waals surface area contributed by atoms with Crippen molar-refractivity contribution in [3.8, 4) is 5.75 Å². The summed E-state index contributed by atoms with van der Waals surface area (Å²) in [6.45, 7) is 2.00. The molecule has 9 heteroatoms. The van der Waals surface area contributed by atoms with Gasteiger partial charge in [-0.2, -0.15) is 4.98 Å². The van der Waals surface area contributed by atoms with Crippen LogP contribution in [0.4, 0.5) is 17.5 Å². The molecule has 2 heterocycles. The molecule has 1 aliphatic rings. The third kappa shape index (κ3) is 4.08. The molecule has 2 N–H and O–H groups in total. The van der Waals surface area contributed by atoms with Crippen molar-refractivity contribution in [1.82, 2.24) is 9.97 Å². The second-order valence-corrected chi connectivity index (χ2v) is 6.30. The van der Waals surface area contributed by atoms with Crippen molar-refractivity contribution < 1.29 is 9.66 Å². The van der Waals surface area contributed by atoms with Gasteiger partial charge in [-0.25, -0.2) is 4.98 Å². The summed E-state index contributed by atoms with van der Waals surface area (Å²) >= 11 is 6.10. The van der Waals surface area contributed by atoms with E-state index >= 15 is 0 Å². The Kier molecular flexibility index (Phi) is 5.18. The number of benzene rings is 1. The standard InChI is InChI=1S/C16H18ClN5O3/c17-12-5-1-2-6-14(12)25-10-11-4-3-7-21(9-11)16-19-8-13(22(23)24)15(18)20-16/h1-2,5-6,8,11H,3-4,7,9-10H2,(H2,18,19,20). The molecule has 0 amide bonds. The van der Waals surface area contributed by atoms with E-state index in [0.717, 1.165) is 25.6 Å². The lowest BCUT2D eigenvalue weighted by atomic mass is 9.99. The van der Waals surface area contributed by atoms with Gasteiger partial charge in [-0.15, -0.1) is 0 Å². The van der Waals surface area contributed by atoms with Crippen LogP contribution in [0.15, 0.2) is 30.5 Å². The van der Waals surface area contributed by atoms with Crippen molar-refractivity contribution in [2.75, 3.05) is 30.3 Å². The van der Waals surface area contributed by atoms with Crippen LogP contribution in [0.1, 0.15) is 12.8 Å². The molecule has 0 radical (unpaired) electrons. The predicted octanol–water partition coefficient (Wildman–Crippen LogP) is 2.92. The lowest BCUT2D eigenvalue weighted by Crippen LogP contribution is -2.38. The SMILES string of the molecule is Nc1nc(N2CCCC(COc3ccccc3Cl)C2)ncc1[N+](=O)[O-]. The van der Waals surface area contributed by atoms with Crippen LogP contribution in [0.2, 0.25) is 5.02 Å². The quantitative estimate of drug-likeness (QED) is 0.642. The van der Waals surface area contributed by atoms with Gasteiger partial charge in [0.25, 0.3) is 0 Å². The van der Waals surface area contributed by atoms with Crippen LogP contribution in [0, 0.1) is 16.0 Å². The molecule has 1 unspecified atom stereocenters. The lowest BCUT2D eigenvalue weighted by Gasteiger charge is -2.32. The molecule has 132 valence electrons. The first kappa shape index (κ1) is 17.2. The summed E-state index contributed by atoms with van der Waals surface area (Å²) in [5.41, 5.74) is 5.38. The Labute approximate surface area is 149 Å². The van der Waals surface area contributed by atoms with Gasteiger partial charge in [-0.05, 0) is 25.0 Å². The maximum atomic E-state index is 10.8. The molecule has 1 aromatic heterocycles. The Balaban J connectivity index is 1.64. The van der Waals surface area contributed by atoms with E-state index in [-0.39, 0.29) is 17.4 Å². The Hall–Kier alpha value is -2.61. The highest BCUT2D eigenvalue weighted by Crippen LogP contribution is 2.27. The van der Waals surface area contributed by atoms with E-state index in [2.05, 4.69) is 9.97 Å². The number of hydrogen-bond acceptors (Lipinski definition) is 7. The van der Waals surface area contributed by atoms with Crippen LogP contribution < -0.4 is 15.4 Å². The van der Waals surface area contributed by atoms with Crippen molar-refractivity contribution in [3.05, 3.63) is 45.6 Å². The van der Waals surface area contributed by atoms with Gasteiger partial charge in [-0.1, -0.05) is 23.7 Å². The van der Waals surface area contributed by atoms with Crippen LogP contribution in [-0.2, 0) is 0 Å². The third-order valence-corrected chi connectivity index (χ3v) is 4.41. The number of hydrogen-bond donors (Lipinski definition) is 1. The van der Waals surface area contributed by atoms with Gasteiger partial charge < -0.3 is 15.4 Å². The van der Waals surface area contributed by atoms with Gasteiger partial charge in [-0.3, -0.25) is 10.1 Å². The number of piperidine rings is 1. The highest BCUT2D eigenvalue weighted by molar-refractivity contribution is 6.32. The van der Waals surface area contributed by atoms with E-state index in [4.69, 9.17) is 22.1 Å². The van der Waals surface area contributed by atoms with Gasteiger partial charge in [0.2, 0.25) is 11.8 Å². The van der Waals surface area contributed by atoms with Crippen LogP contribution in [0.25, 0.3) is 0 Å². The number of nitrogens with zero attached hydrogens (tertiary/aromatic N) is 4. The molecular formula is C16H18ClN5O3. The number of nitrogen functional groups attached to an aromatic ring is 1. The average molecular weight is 364 g/mol. The van der Waals surface area contributed by atoms with Crippen molar-refractivity contribution in [2.24, 2.45) is 5.92 Å². The van der Waals surface area contributed by atoms with Crippen LogP contribution in [0.3, 0.4) is 0 Å². The maximum Gasteiger partial charge on any atom is 0.329 e. The van der Waals surface area contributed by atoms with Gasteiger partial charge in [0.05, 0.1) is 16.6 Å². The number of rotatable bonds is 5. The zero-order valence-electron chi connectivity index (χ0n) is 13.5. The molecule has 3 rings (SSSR count). The molecule has 0 bridgehead atoms. The predicted molar refractivity (Wildman–Crippen MR) is 95.0 cm³/mol. The number of anilines is 2. The summed E-state index contributed by atoms with van der Waals surface area (Å²) < 4.78 is 5.82. The number of halogens is 1. The molecule has 1 aromatic carbocycles. The normalized spacial score (nSPS) is 17.3. The minimum absolute atomic E-state index is 0.121. The fourth-order valence-corrected chi connectivity index (χ4v) is 3.01. The minimum Gasteiger partial charge on any atom is -0.492 e. The molecule has 8 nitrogen and oxygen atoms in total. The molecule has 1 atom stereocenters. The van der Waals surface area contributed by atoms with Crippen molar-refractivity contribution in [3.63, 3.8) is 0 Å². The molecule has 1 saturated heterocycles. The van der Waals surface area contributed by atoms with Crippen LogP contribution in [0.5, 0.6) is 5.75 Å². The zero-order valence-corrected chi connectivity index (χ0v) is 14.2. The lowest BCUT2D eigenvalue weighted by molar-refractivity contribution is -0.384. The van der Waals surface area contributed by atoms with E-state index < -0.39 is 4.92 Å². The molecular weight excluding hydrogens is 346 g/mol. The number of para-hydroxylation sites is 1. The van der Waals surface area contributed by atoms with Gasteiger partial charge in [0, 0.05) is 19.0 Å². The van der Waals surface area contributed by atoms with E-state index in [1.165, 1.54) is 0 Å². The van der Waals surface area contributed by atoms with Crippen molar-refractivity contribution in [1.29, 1.82) is 0 Å². The topological polar surface area (TPSA) is 107 Å². The number of nitro groups is 1. The molecule has 0 aliphatic carbocycles. The van der Waals surface area contributed by atoms with Gasteiger partial charge in [0.1, 0.15) is 11.9 Å². The van der Waals surface area contributed by atoms with E-state index in [0.29, 0.717) is 29.9 Å². The Morgan fingerprint density at radius 1 is 1.44 bits per heavy atom. The van der Waals surface area contributed by atoms with E-state index in [1.54, 1.807) is 6.07 Å². The summed E-state index contributed by atoms with van der Waals surface area (Å²) in [6.07, 6.45) is 3.13. The first-order valence-corrected chi connectivity index (χ1v) is 8.31. The van der Waals surface area contributed by atoms with Crippen molar-refractivity contribution in [2.45, 2.75) is 12.8 Å². The highest BCUT2D eigenvalue weighted by atomic mass is 35.5. The molecule has 2 aromatic rings. The summed E-state index contributed by atoms with van der Waals surface area (Å²) in [5.74, 6) is 1.23. The monoisotopic (exact) mass is 363 g/mol. The summed E-state index contributed by atoms with van der Waals surface area (Å²) in [4.78, 5) is 20.4. The Bertz CT molecular complexity index is 773. The maximum absolute atomic E-state index is 10.8. The fraction of sp³-hybridized carbons (Fsp3) is 0.375. The van der Waals surface area contributed by atoms with Gasteiger partial charge >= 0.3 is 5.69 Å². The second kappa shape index (κ2) is 7.52. The Morgan fingerprint density at radius 2 is 2.24 bits per heavy atom. The van der Waals surface area contributed by atoms with Crippen LogP contribution >= 0.6 is 11.6 Å². The largest absolute Gasteiger partial charge is 0.492 e. The van der Waals surface area contributed by atoms with Gasteiger partial charge in [0.15, 0.2) is 0 Å². The molecule has 0 spiro atoms. The summed E-state index contributed by atoms with van der Waals surface area (Å²) in [6, 6.07) is 7.36. The molecule has 0 saturated carbocycles. The van der Waals surface area contributed by atoms with Crippen LogP contribution in [-0.4, -0.2) is 34.6 Å². The highest BCUT2D eigenvalue weighted by Gasteiger charge is 2.24. The average Bonchev–Trinajstić information content (AvgIpc) is 2.61. The second-order valence-electron chi connectivity index (χ2n) is 5.89. The molecule has 1 aliphatic heterocycles. The number of aromatic nitrogens is 2. The smallest absolute Gasteiger partial charge is 0.329 e. The molecule has 25 heavy (non-hydrogen) atoms. The first-order valence-electron chi connectivity index (χ1n) is 7.94. The molecule has 1 fully saturated rings. The first-order chi connectivity index (χ1) is 12.0.